The number of rotatable bonds is 4. The highest BCUT2D eigenvalue weighted by Gasteiger charge is 2.41. The molecule has 3 aliphatic rings. The van der Waals surface area contributed by atoms with Crippen LogP contribution in [0, 0.1) is 0 Å². The Morgan fingerprint density at radius 1 is 0.909 bits per heavy atom. The third-order valence-electron chi connectivity index (χ3n) is 7.42. The maximum Gasteiger partial charge on any atom is 0.410 e. The molecule has 3 nitrogen and oxygen atoms in total. The molecule has 166 valence electrons. The summed E-state index contributed by atoms with van der Waals surface area (Å²) in [5, 5.41) is 0.868. The van der Waals surface area contributed by atoms with Gasteiger partial charge in [-0.3, -0.25) is 4.90 Å². The van der Waals surface area contributed by atoms with Gasteiger partial charge in [-0.25, -0.2) is 4.79 Å². The van der Waals surface area contributed by atoms with Crippen molar-refractivity contribution in [2.24, 2.45) is 0 Å². The Bertz CT molecular complexity index is 1190. The van der Waals surface area contributed by atoms with Crippen LogP contribution in [0.5, 0.6) is 0 Å². The highest BCUT2D eigenvalue weighted by Crippen LogP contribution is 2.45. The van der Waals surface area contributed by atoms with Gasteiger partial charge in [0, 0.05) is 17.3 Å². The average Bonchev–Trinajstić information content (AvgIpc) is 3.33. The molecular weight excluding hydrogens is 474 g/mol. The standard InChI is InChI=1S/C29H26BrNO2/c30-17-19-9-11-20(12-10-19)21-15-22-13-14-23(16-21)31(22)29(32)33-18-28-26-7-3-1-5-24(26)25-6-2-4-8-27(25)28/h1-12,15,22-23,28H,13-14,16-18H2. The fourth-order valence-corrected chi connectivity index (χ4v) is 6.18. The lowest BCUT2D eigenvalue weighted by Gasteiger charge is -2.33. The fraction of sp³-hybridized carbons (Fsp3) is 0.276. The van der Waals surface area contributed by atoms with E-state index < -0.39 is 0 Å². The van der Waals surface area contributed by atoms with Crippen molar-refractivity contribution in [3.05, 3.63) is 101 Å². The number of carbonyl (C=O) groups is 1. The summed E-state index contributed by atoms with van der Waals surface area (Å²) in [4.78, 5) is 15.2. The van der Waals surface area contributed by atoms with Gasteiger partial charge in [-0.05, 0) is 58.2 Å². The number of amides is 1. The summed E-state index contributed by atoms with van der Waals surface area (Å²) in [6.07, 6.45) is 5.06. The Morgan fingerprint density at radius 2 is 1.58 bits per heavy atom. The Kier molecular flexibility index (Phi) is 5.34. The topological polar surface area (TPSA) is 29.5 Å². The van der Waals surface area contributed by atoms with E-state index in [9.17, 15) is 4.79 Å². The second-order valence-corrected chi connectivity index (χ2v) is 9.80. The number of hydrogen-bond donors (Lipinski definition) is 0. The molecule has 2 heterocycles. The van der Waals surface area contributed by atoms with Gasteiger partial charge in [-0.2, -0.15) is 0 Å². The molecule has 0 N–H and O–H groups in total. The highest BCUT2D eigenvalue weighted by molar-refractivity contribution is 9.08. The molecule has 0 spiro atoms. The lowest BCUT2D eigenvalue weighted by molar-refractivity contribution is 0.0866. The van der Waals surface area contributed by atoms with Crippen LogP contribution in [0.4, 0.5) is 4.79 Å². The first-order valence-corrected chi connectivity index (χ1v) is 12.8. The minimum Gasteiger partial charge on any atom is -0.448 e. The van der Waals surface area contributed by atoms with Crippen molar-refractivity contribution in [3.63, 3.8) is 0 Å². The molecule has 1 saturated heterocycles. The van der Waals surface area contributed by atoms with Crippen LogP contribution >= 0.6 is 15.9 Å². The largest absolute Gasteiger partial charge is 0.448 e. The molecule has 33 heavy (non-hydrogen) atoms. The zero-order valence-corrected chi connectivity index (χ0v) is 20.0. The van der Waals surface area contributed by atoms with Gasteiger partial charge in [0.05, 0.1) is 6.04 Å². The maximum absolute atomic E-state index is 13.2. The van der Waals surface area contributed by atoms with E-state index in [2.05, 4.69) is 94.8 Å². The normalized spacial score (nSPS) is 20.9. The van der Waals surface area contributed by atoms with Gasteiger partial charge in [-0.1, -0.05) is 94.8 Å². The van der Waals surface area contributed by atoms with Crippen LogP contribution in [-0.4, -0.2) is 29.7 Å². The summed E-state index contributed by atoms with van der Waals surface area (Å²) in [5.41, 5.74) is 8.91. The van der Waals surface area contributed by atoms with E-state index in [1.807, 2.05) is 4.90 Å². The van der Waals surface area contributed by atoms with Crippen molar-refractivity contribution < 1.29 is 9.53 Å². The zero-order chi connectivity index (χ0) is 22.4. The van der Waals surface area contributed by atoms with Crippen molar-refractivity contribution in [1.82, 2.24) is 4.90 Å². The smallest absolute Gasteiger partial charge is 0.410 e. The Hall–Kier alpha value is -2.85. The summed E-state index contributed by atoms with van der Waals surface area (Å²) < 4.78 is 5.98. The van der Waals surface area contributed by atoms with Crippen molar-refractivity contribution in [2.45, 2.75) is 42.6 Å². The van der Waals surface area contributed by atoms with Crippen LogP contribution in [0.1, 0.15) is 47.4 Å². The van der Waals surface area contributed by atoms with Crippen molar-refractivity contribution >= 4 is 27.6 Å². The summed E-state index contributed by atoms with van der Waals surface area (Å²) >= 11 is 3.52. The first-order valence-electron chi connectivity index (χ1n) is 11.7. The molecule has 2 unspecified atom stereocenters. The van der Waals surface area contributed by atoms with E-state index in [1.54, 1.807) is 0 Å². The number of hydrogen-bond acceptors (Lipinski definition) is 2. The van der Waals surface area contributed by atoms with Crippen LogP contribution in [0.15, 0.2) is 78.9 Å². The van der Waals surface area contributed by atoms with Crippen LogP contribution in [-0.2, 0) is 10.1 Å². The van der Waals surface area contributed by atoms with Crippen molar-refractivity contribution in [2.75, 3.05) is 6.61 Å². The molecule has 3 aromatic rings. The molecule has 0 saturated carbocycles. The quantitative estimate of drug-likeness (QED) is 0.356. The van der Waals surface area contributed by atoms with E-state index in [1.165, 1.54) is 39.0 Å². The number of halogens is 1. The molecule has 1 aliphatic carbocycles. The number of benzene rings is 3. The summed E-state index contributed by atoms with van der Waals surface area (Å²) in [5.74, 6) is 0.0999. The predicted molar refractivity (Wildman–Crippen MR) is 135 cm³/mol. The molecular formula is C29H26BrNO2. The van der Waals surface area contributed by atoms with Gasteiger partial charge in [0.25, 0.3) is 0 Å². The first-order chi connectivity index (χ1) is 16.2. The molecule has 3 aromatic carbocycles. The van der Waals surface area contributed by atoms with Gasteiger partial charge in [0.2, 0.25) is 0 Å². The summed E-state index contributed by atoms with van der Waals surface area (Å²) in [6, 6.07) is 26.0. The van der Waals surface area contributed by atoms with Gasteiger partial charge in [-0.15, -0.1) is 0 Å². The van der Waals surface area contributed by atoms with E-state index in [4.69, 9.17) is 4.74 Å². The third-order valence-corrected chi connectivity index (χ3v) is 8.07. The van der Waals surface area contributed by atoms with E-state index >= 15 is 0 Å². The molecule has 2 atom stereocenters. The highest BCUT2D eigenvalue weighted by atomic mass is 79.9. The lowest BCUT2D eigenvalue weighted by Crippen LogP contribution is -2.43. The minimum atomic E-state index is -0.172. The first kappa shape index (κ1) is 20.7. The predicted octanol–water partition coefficient (Wildman–Crippen LogP) is 7.15. The van der Waals surface area contributed by atoms with Crippen molar-refractivity contribution in [3.8, 4) is 11.1 Å². The van der Waals surface area contributed by atoms with E-state index in [0.29, 0.717) is 6.61 Å². The summed E-state index contributed by atoms with van der Waals surface area (Å²) in [6.45, 7) is 0.382. The number of fused-ring (bicyclic) bond motifs is 5. The molecule has 6 rings (SSSR count). The lowest BCUT2D eigenvalue weighted by atomic mass is 9.94. The Labute approximate surface area is 203 Å². The molecule has 1 amide bonds. The van der Waals surface area contributed by atoms with E-state index in [0.717, 1.165) is 24.6 Å². The number of nitrogens with zero attached hydrogens (tertiary/aromatic N) is 1. The second kappa shape index (κ2) is 8.49. The fourth-order valence-electron chi connectivity index (χ4n) is 5.81. The van der Waals surface area contributed by atoms with Crippen LogP contribution in [0.25, 0.3) is 16.7 Å². The monoisotopic (exact) mass is 499 g/mol. The average molecular weight is 500 g/mol. The third kappa shape index (κ3) is 3.61. The number of ether oxygens (including phenoxy) is 1. The van der Waals surface area contributed by atoms with Gasteiger partial charge in [0.1, 0.15) is 6.61 Å². The molecule has 1 fully saturated rings. The molecule has 0 radical (unpaired) electrons. The van der Waals surface area contributed by atoms with E-state index in [-0.39, 0.29) is 24.1 Å². The van der Waals surface area contributed by atoms with Crippen molar-refractivity contribution in [1.29, 1.82) is 0 Å². The molecule has 0 aromatic heterocycles. The second-order valence-electron chi connectivity index (χ2n) is 9.24. The number of alkyl halides is 1. The zero-order valence-electron chi connectivity index (χ0n) is 18.4. The van der Waals surface area contributed by atoms with Crippen LogP contribution < -0.4 is 0 Å². The Balaban J connectivity index is 1.19. The van der Waals surface area contributed by atoms with Crippen LogP contribution in [0.2, 0.25) is 0 Å². The molecule has 2 bridgehead atoms. The molecule has 2 aliphatic heterocycles. The van der Waals surface area contributed by atoms with Gasteiger partial charge >= 0.3 is 6.09 Å². The van der Waals surface area contributed by atoms with Gasteiger partial charge < -0.3 is 4.74 Å². The SMILES string of the molecule is O=C(OCC1c2ccccc2-c2ccccc21)N1C2C=C(c3ccc(CBr)cc3)CC1CC2. The molecule has 4 heteroatoms. The van der Waals surface area contributed by atoms with Gasteiger partial charge in [0.15, 0.2) is 0 Å². The summed E-state index contributed by atoms with van der Waals surface area (Å²) in [7, 11) is 0. The number of carbonyl (C=O) groups excluding carboxylic acids is 1. The minimum absolute atomic E-state index is 0.0999. The maximum atomic E-state index is 13.2. The Morgan fingerprint density at radius 3 is 2.21 bits per heavy atom. The van der Waals surface area contributed by atoms with Crippen LogP contribution in [0.3, 0.4) is 0 Å².